The minimum Gasteiger partial charge on any atom is -0.508 e. The number of hydrogen-bond donors (Lipinski definition) is 1. The molecule has 1 heterocycles. The molecule has 32 heavy (non-hydrogen) atoms. The van der Waals surface area contributed by atoms with Gasteiger partial charge in [-0.2, -0.15) is 0 Å². The number of amides is 1. The van der Waals surface area contributed by atoms with Crippen LogP contribution in [0, 0.1) is 5.92 Å². The predicted molar refractivity (Wildman–Crippen MR) is 123 cm³/mol. The molecule has 2 aromatic rings. The quantitative estimate of drug-likeness (QED) is 0.744. The highest BCUT2D eigenvalue weighted by atomic mass is 16.5. The molecule has 1 saturated heterocycles. The van der Waals surface area contributed by atoms with E-state index in [9.17, 15) is 14.7 Å². The van der Waals surface area contributed by atoms with Gasteiger partial charge in [-0.1, -0.05) is 30.3 Å². The lowest BCUT2D eigenvalue weighted by Gasteiger charge is -2.56. The Morgan fingerprint density at radius 3 is 2.59 bits per heavy atom. The zero-order chi connectivity index (χ0) is 22.9. The van der Waals surface area contributed by atoms with Crippen molar-refractivity contribution in [2.24, 2.45) is 5.92 Å². The molecule has 4 rings (SSSR count). The van der Waals surface area contributed by atoms with E-state index in [1.165, 1.54) is 6.92 Å². The number of fused-ring (bicyclic) bond motifs is 1. The molecule has 1 saturated carbocycles. The average molecular weight is 437 g/mol. The summed E-state index contributed by atoms with van der Waals surface area (Å²) in [6.07, 6.45) is 1.94. The van der Waals surface area contributed by atoms with Gasteiger partial charge in [-0.25, -0.2) is 0 Å². The third-order valence-electron chi connectivity index (χ3n) is 7.34. The molecule has 0 spiro atoms. The zero-order valence-electron chi connectivity index (χ0n) is 19.0. The number of benzene rings is 2. The van der Waals surface area contributed by atoms with Gasteiger partial charge in [0, 0.05) is 49.9 Å². The number of esters is 1. The summed E-state index contributed by atoms with van der Waals surface area (Å²) in [7, 11) is 3.94. The minimum absolute atomic E-state index is 0.0328. The summed E-state index contributed by atoms with van der Waals surface area (Å²) < 4.78 is 5.89. The summed E-state index contributed by atoms with van der Waals surface area (Å²) in [4.78, 5) is 29.4. The van der Waals surface area contributed by atoms with Gasteiger partial charge in [0.15, 0.2) is 0 Å². The van der Waals surface area contributed by atoms with E-state index in [0.717, 1.165) is 31.5 Å². The minimum atomic E-state index is -0.303. The molecule has 2 fully saturated rings. The monoisotopic (exact) mass is 436 g/mol. The number of phenolic OH excluding ortho intramolecular Hbond substituents is 1. The molecule has 0 aromatic heterocycles. The first-order chi connectivity index (χ1) is 15.3. The summed E-state index contributed by atoms with van der Waals surface area (Å²) in [5, 5.41) is 10.2. The second-order valence-corrected chi connectivity index (χ2v) is 9.35. The van der Waals surface area contributed by atoms with Gasteiger partial charge in [0.25, 0.3) is 5.91 Å². The predicted octanol–water partition coefficient (Wildman–Crippen LogP) is 3.45. The summed E-state index contributed by atoms with van der Waals surface area (Å²) in [5.74, 6) is -0.0156. The van der Waals surface area contributed by atoms with E-state index < -0.39 is 0 Å². The Hall–Kier alpha value is -2.86. The van der Waals surface area contributed by atoms with E-state index >= 15 is 0 Å². The fourth-order valence-corrected chi connectivity index (χ4v) is 5.72. The number of phenols is 1. The number of likely N-dealkylation sites (tertiary alicyclic amines) is 1. The molecule has 1 N–H and O–H groups in total. The maximum Gasteiger partial charge on any atom is 0.302 e. The summed E-state index contributed by atoms with van der Waals surface area (Å²) in [5.41, 5.74) is 1.41. The number of ether oxygens (including phenoxy) is 1. The average Bonchev–Trinajstić information content (AvgIpc) is 2.78. The molecule has 1 amide bonds. The van der Waals surface area contributed by atoms with Crippen LogP contribution in [-0.2, 0) is 14.9 Å². The van der Waals surface area contributed by atoms with Crippen LogP contribution in [0.1, 0.15) is 42.1 Å². The lowest BCUT2D eigenvalue weighted by atomic mass is 9.56. The van der Waals surface area contributed by atoms with Gasteiger partial charge in [-0.15, -0.1) is 0 Å². The number of piperidine rings is 1. The molecule has 1 aliphatic carbocycles. The fourth-order valence-electron chi connectivity index (χ4n) is 5.72. The fraction of sp³-hybridized carbons (Fsp3) is 0.462. The van der Waals surface area contributed by atoms with Crippen molar-refractivity contribution in [2.75, 3.05) is 27.2 Å². The van der Waals surface area contributed by atoms with Crippen molar-refractivity contribution in [3.8, 4) is 5.75 Å². The molecule has 6 heteroatoms. The topological polar surface area (TPSA) is 70.1 Å². The molecular formula is C26H32N2O4. The molecule has 0 radical (unpaired) electrons. The SMILES string of the molecule is CC(=O)OC1C[C@@H](N(C)C(=O)c2ccccc2)C[C@]2(c3cccc(O)c3)CCN(C)C[C@@H]12. The van der Waals surface area contributed by atoms with Crippen LogP contribution >= 0.6 is 0 Å². The van der Waals surface area contributed by atoms with Crippen molar-refractivity contribution in [1.82, 2.24) is 9.80 Å². The number of aromatic hydroxyl groups is 1. The Labute approximate surface area is 189 Å². The van der Waals surface area contributed by atoms with Crippen molar-refractivity contribution < 1.29 is 19.4 Å². The van der Waals surface area contributed by atoms with Crippen LogP contribution < -0.4 is 0 Å². The third kappa shape index (κ3) is 4.24. The smallest absolute Gasteiger partial charge is 0.302 e. The normalized spacial score (nSPS) is 27.9. The van der Waals surface area contributed by atoms with Crippen LogP contribution in [-0.4, -0.2) is 66.1 Å². The van der Waals surface area contributed by atoms with Crippen molar-refractivity contribution in [3.63, 3.8) is 0 Å². The number of carbonyl (C=O) groups excluding carboxylic acids is 2. The standard InChI is InChI=1S/C26H32N2O4/c1-18(29)32-24-15-21(28(3)25(31)19-8-5-4-6-9-19)16-26(12-13-27(2)17-23(24)26)20-10-7-11-22(30)14-20/h4-11,14,21,23-24,30H,12-13,15-17H2,1-3H3/t21-,23+,24?,26+/m1/s1. The van der Waals surface area contributed by atoms with Crippen LogP contribution in [0.4, 0.5) is 0 Å². The van der Waals surface area contributed by atoms with Gasteiger partial charge in [0.05, 0.1) is 0 Å². The molecule has 1 unspecified atom stereocenters. The van der Waals surface area contributed by atoms with Gasteiger partial charge in [-0.3, -0.25) is 9.59 Å². The van der Waals surface area contributed by atoms with Crippen LogP contribution in [0.15, 0.2) is 54.6 Å². The lowest BCUT2D eigenvalue weighted by Crippen LogP contribution is -2.61. The van der Waals surface area contributed by atoms with Gasteiger partial charge < -0.3 is 19.6 Å². The summed E-state index contributed by atoms with van der Waals surface area (Å²) in [6, 6.07) is 16.6. The Morgan fingerprint density at radius 2 is 1.91 bits per heavy atom. The second kappa shape index (κ2) is 8.94. The van der Waals surface area contributed by atoms with Crippen molar-refractivity contribution in [1.29, 1.82) is 0 Å². The van der Waals surface area contributed by atoms with Crippen LogP contribution in [0.3, 0.4) is 0 Å². The Bertz CT molecular complexity index is 979. The first kappa shape index (κ1) is 22.3. The van der Waals surface area contributed by atoms with Crippen molar-refractivity contribution >= 4 is 11.9 Å². The van der Waals surface area contributed by atoms with Gasteiger partial charge in [0.1, 0.15) is 11.9 Å². The number of carbonyl (C=O) groups is 2. The zero-order valence-corrected chi connectivity index (χ0v) is 19.0. The first-order valence-electron chi connectivity index (χ1n) is 11.3. The molecule has 0 bridgehead atoms. The molecule has 1 aliphatic heterocycles. The summed E-state index contributed by atoms with van der Waals surface area (Å²) >= 11 is 0. The molecule has 170 valence electrons. The highest BCUT2D eigenvalue weighted by molar-refractivity contribution is 5.94. The molecule has 6 nitrogen and oxygen atoms in total. The van der Waals surface area contributed by atoms with E-state index in [4.69, 9.17) is 4.74 Å². The number of nitrogens with zero attached hydrogens (tertiary/aromatic N) is 2. The molecule has 4 atom stereocenters. The largest absolute Gasteiger partial charge is 0.508 e. The first-order valence-corrected chi connectivity index (χ1v) is 11.3. The van der Waals surface area contributed by atoms with E-state index in [-0.39, 0.29) is 41.1 Å². The Kier molecular flexibility index (Phi) is 6.24. The maximum atomic E-state index is 13.2. The Morgan fingerprint density at radius 1 is 1.16 bits per heavy atom. The Balaban J connectivity index is 1.74. The van der Waals surface area contributed by atoms with Gasteiger partial charge in [-0.05, 0) is 56.3 Å². The van der Waals surface area contributed by atoms with Crippen LogP contribution in [0.25, 0.3) is 0 Å². The molecule has 2 aromatic carbocycles. The van der Waals surface area contributed by atoms with E-state index in [2.05, 4.69) is 18.0 Å². The van der Waals surface area contributed by atoms with Crippen LogP contribution in [0.5, 0.6) is 5.75 Å². The lowest BCUT2D eigenvalue weighted by molar-refractivity contribution is -0.158. The maximum absolute atomic E-state index is 13.2. The number of rotatable bonds is 4. The van der Waals surface area contributed by atoms with E-state index in [1.807, 2.05) is 54.4 Å². The van der Waals surface area contributed by atoms with Crippen LogP contribution in [0.2, 0.25) is 0 Å². The number of hydrogen-bond acceptors (Lipinski definition) is 5. The molecular weight excluding hydrogens is 404 g/mol. The third-order valence-corrected chi connectivity index (χ3v) is 7.34. The van der Waals surface area contributed by atoms with Crippen molar-refractivity contribution in [2.45, 2.75) is 43.7 Å². The molecule has 2 aliphatic rings. The summed E-state index contributed by atoms with van der Waals surface area (Å²) in [6.45, 7) is 3.16. The highest BCUT2D eigenvalue weighted by Gasteiger charge is 2.54. The highest BCUT2D eigenvalue weighted by Crippen LogP contribution is 2.51. The van der Waals surface area contributed by atoms with Gasteiger partial charge in [0.2, 0.25) is 0 Å². The van der Waals surface area contributed by atoms with Crippen molar-refractivity contribution in [3.05, 3.63) is 65.7 Å². The van der Waals surface area contributed by atoms with E-state index in [0.29, 0.717) is 12.0 Å². The van der Waals surface area contributed by atoms with E-state index in [1.54, 1.807) is 6.07 Å². The van der Waals surface area contributed by atoms with Gasteiger partial charge >= 0.3 is 5.97 Å². The second-order valence-electron chi connectivity index (χ2n) is 9.35.